The zero-order valence-corrected chi connectivity index (χ0v) is 18.7. The molecule has 0 aliphatic rings. The fourth-order valence-electron chi connectivity index (χ4n) is 2.71. The van der Waals surface area contributed by atoms with Crippen molar-refractivity contribution in [3.05, 3.63) is 83.4 Å². The van der Waals surface area contributed by atoms with E-state index in [4.69, 9.17) is 0 Å². The lowest BCUT2D eigenvalue weighted by Crippen LogP contribution is -2.38. The summed E-state index contributed by atoms with van der Waals surface area (Å²) in [5, 5.41) is 10.7. The minimum Gasteiger partial charge on any atom is -0.357 e. The van der Waals surface area contributed by atoms with Gasteiger partial charge >= 0.3 is 0 Å². The summed E-state index contributed by atoms with van der Waals surface area (Å²) in [4.78, 5) is 4.30. The lowest BCUT2D eigenvalue weighted by Gasteiger charge is -2.11. The summed E-state index contributed by atoms with van der Waals surface area (Å²) in [7, 11) is 0. The largest absolute Gasteiger partial charge is 0.357 e. The van der Waals surface area contributed by atoms with Crippen LogP contribution in [0.4, 0.5) is 13.2 Å². The number of hydrogen-bond acceptors (Lipinski definition) is 2. The highest BCUT2D eigenvalue weighted by molar-refractivity contribution is 14.0. The van der Waals surface area contributed by atoms with Crippen LogP contribution in [0.5, 0.6) is 0 Å². The second-order valence-corrected chi connectivity index (χ2v) is 6.34. The van der Waals surface area contributed by atoms with Crippen molar-refractivity contribution >= 4 is 29.9 Å². The molecule has 9 heteroatoms. The van der Waals surface area contributed by atoms with Crippen molar-refractivity contribution in [3.63, 3.8) is 0 Å². The van der Waals surface area contributed by atoms with Gasteiger partial charge in [0, 0.05) is 31.3 Å². The summed E-state index contributed by atoms with van der Waals surface area (Å²) in [5.74, 6) is -0.767. The molecule has 0 unspecified atom stereocenters. The van der Waals surface area contributed by atoms with Crippen molar-refractivity contribution in [1.82, 2.24) is 20.4 Å². The predicted molar refractivity (Wildman–Crippen MR) is 122 cm³/mol. The molecule has 5 nitrogen and oxygen atoms in total. The number of aromatic nitrogens is 2. The molecule has 0 saturated carbocycles. The molecular formula is C21H23F3IN5. The molecule has 1 aromatic heterocycles. The quantitative estimate of drug-likeness (QED) is 0.274. The molecule has 0 bridgehead atoms. The van der Waals surface area contributed by atoms with Gasteiger partial charge in [-0.2, -0.15) is 5.10 Å². The van der Waals surface area contributed by atoms with Crippen LogP contribution in [0.25, 0.3) is 5.69 Å². The van der Waals surface area contributed by atoms with Gasteiger partial charge in [-0.15, -0.1) is 24.0 Å². The number of benzene rings is 2. The average Bonchev–Trinajstić information content (AvgIpc) is 3.18. The normalized spacial score (nSPS) is 11.1. The zero-order chi connectivity index (χ0) is 20.6. The Hall–Kier alpha value is -2.56. The van der Waals surface area contributed by atoms with Gasteiger partial charge < -0.3 is 10.6 Å². The van der Waals surface area contributed by atoms with Crippen molar-refractivity contribution in [2.45, 2.75) is 19.9 Å². The van der Waals surface area contributed by atoms with Gasteiger partial charge in [0.1, 0.15) is 17.5 Å². The summed E-state index contributed by atoms with van der Waals surface area (Å²) in [5.41, 5.74) is 1.83. The molecule has 0 atom stereocenters. The molecule has 0 amide bonds. The van der Waals surface area contributed by atoms with Gasteiger partial charge in [-0.1, -0.05) is 0 Å². The maximum atomic E-state index is 13.7. The first kappa shape index (κ1) is 23.7. The van der Waals surface area contributed by atoms with Crippen LogP contribution >= 0.6 is 24.0 Å². The van der Waals surface area contributed by atoms with Gasteiger partial charge in [0.15, 0.2) is 5.96 Å². The Balaban J connectivity index is 0.00000320. The van der Waals surface area contributed by atoms with Gasteiger partial charge in [0.25, 0.3) is 0 Å². The van der Waals surface area contributed by atoms with E-state index in [1.54, 1.807) is 16.8 Å². The Bertz CT molecular complexity index is 973. The van der Waals surface area contributed by atoms with Gasteiger partial charge in [-0.05, 0) is 55.5 Å². The summed E-state index contributed by atoms with van der Waals surface area (Å²) >= 11 is 0. The summed E-state index contributed by atoms with van der Waals surface area (Å²) in [6.07, 6.45) is 2.45. The first-order valence-corrected chi connectivity index (χ1v) is 9.31. The number of guanidine groups is 1. The Morgan fingerprint density at radius 1 is 1.00 bits per heavy atom. The van der Waals surface area contributed by atoms with Crippen molar-refractivity contribution < 1.29 is 13.2 Å². The van der Waals surface area contributed by atoms with Crippen LogP contribution in [-0.2, 0) is 13.0 Å². The first-order valence-electron chi connectivity index (χ1n) is 9.31. The molecule has 0 saturated heterocycles. The number of nitrogens with zero attached hydrogens (tertiary/aromatic N) is 3. The van der Waals surface area contributed by atoms with Crippen LogP contribution in [0.2, 0.25) is 0 Å². The highest BCUT2D eigenvalue weighted by Crippen LogP contribution is 2.11. The van der Waals surface area contributed by atoms with Crippen LogP contribution < -0.4 is 10.6 Å². The minimum atomic E-state index is -0.494. The third kappa shape index (κ3) is 6.75. The van der Waals surface area contributed by atoms with Crippen LogP contribution in [0.1, 0.15) is 18.2 Å². The molecule has 0 fully saturated rings. The lowest BCUT2D eigenvalue weighted by atomic mass is 10.2. The molecule has 1 heterocycles. The topological polar surface area (TPSA) is 54.2 Å². The molecule has 0 aliphatic heterocycles. The predicted octanol–water partition coefficient (Wildman–Crippen LogP) is 4.21. The van der Waals surface area contributed by atoms with E-state index in [0.717, 1.165) is 29.6 Å². The monoisotopic (exact) mass is 529 g/mol. The summed E-state index contributed by atoms with van der Waals surface area (Å²) < 4.78 is 41.7. The Kier molecular flexibility index (Phi) is 9.15. The number of halogens is 4. The number of rotatable bonds is 7. The van der Waals surface area contributed by atoms with Crippen molar-refractivity contribution in [3.8, 4) is 5.69 Å². The van der Waals surface area contributed by atoms with E-state index < -0.39 is 11.6 Å². The van der Waals surface area contributed by atoms with Crippen LogP contribution in [0.3, 0.4) is 0 Å². The van der Waals surface area contributed by atoms with E-state index in [0.29, 0.717) is 25.5 Å². The number of aliphatic imine (C=N–C) groups is 1. The van der Waals surface area contributed by atoms with Gasteiger partial charge in [-0.25, -0.2) is 22.8 Å². The van der Waals surface area contributed by atoms with Crippen molar-refractivity contribution in [2.75, 3.05) is 13.1 Å². The van der Waals surface area contributed by atoms with E-state index in [2.05, 4.69) is 20.7 Å². The Morgan fingerprint density at radius 2 is 1.73 bits per heavy atom. The standard InChI is InChI=1S/C21H22F3N5.HI/c1-2-25-21(27-14-15-13-17(23)5-8-20(15)24)26-11-9-18-10-12-29(28-18)19-6-3-16(22)4-7-19;/h3-8,10,12-13H,2,9,11,14H2,1H3,(H2,25,26,27);1H. The number of nitrogens with one attached hydrogen (secondary N) is 2. The Morgan fingerprint density at radius 3 is 2.47 bits per heavy atom. The molecule has 30 heavy (non-hydrogen) atoms. The molecule has 0 spiro atoms. The molecule has 3 rings (SSSR count). The second kappa shape index (κ2) is 11.6. The first-order chi connectivity index (χ1) is 14.0. The van der Waals surface area contributed by atoms with Gasteiger partial charge in [0.05, 0.1) is 17.9 Å². The molecule has 0 radical (unpaired) electrons. The molecule has 2 aromatic carbocycles. The summed E-state index contributed by atoms with van der Waals surface area (Å²) in [6, 6.07) is 11.3. The van der Waals surface area contributed by atoms with Gasteiger partial charge in [-0.3, -0.25) is 0 Å². The van der Waals surface area contributed by atoms with Crippen molar-refractivity contribution in [2.24, 2.45) is 4.99 Å². The molecule has 3 aromatic rings. The van der Waals surface area contributed by atoms with Crippen LogP contribution in [-0.4, -0.2) is 28.8 Å². The highest BCUT2D eigenvalue weighted by Gasteiger charge is 2.06. The van der Waals surface area contributed by atoms with Crippen molar-refractivity contribution in [1.29, 1.82) is 0 Å². The maximum absolute atomic E-state index is 13.7. The third-order valence-electron chi connectivity index (χ3n) is 4.17. The lowest BCUT2D eigenvalue weighted by molar-refractivity contribution is 0.585. The van der Waals surface area contributed by atoms with E-state index in [1.165, 1.54) is 12.1 Å². The third-order valence-corrected chi connectivity index (χ3v) is 4.17. The molecule has 2 N–H and O–H groups in total. The smallest absolute Gasteiger partial charge is 0.191 e. The molecule has 160 valence electrons. The maximum Gasteiger partial charge on any atom is 0.191 e. The minimum absolute atomic E-state index is 0. The zero-order valence-electron chi connectivity index (χ0n) is 16.4. The Labute approximate surface area is 190 Å². The van der Waals surface area contributed by atoms with E-state index >= 15 is 0 Å². The number of hydrogen-bond donors (Lipinski definition) is 2. The van der Waals surface area contributed by atoms with E-state index in [1.807, 2.05) is 19.2 Å². The molecule has 0 aliphatic carbocycles. The summed E-state index contributed by atoms with van der Waals surface area (Å²) in [6.45, 7) is 3.14. The van der Waals surface area contributed by atoms with E-state index in [9.17, 15) is 13.2 Å². The van der Waals surface area contributed by atoms with Crippen LogP contribution in [0.15, 0.2) is 59.7 Å². The fraction of sp³-hybridized carbons (Fsp3) is 0.238. The van der Waals surface area contributed by atoms with Gasteiger partial charge in [0.2, 0.25) is 0 Å². The second-order valence-electron chi connectivity index (χ2n) is 6.34. The fourth-order valence-corrected chi connectivity index (χ4v) is 2.71. The van der Waals surface area contributed by atoms with Crippen LogP contribution in [0, 0.1) is 17.5 Å². The highest BCUT2D eigenvalue weighted by atomic mass is 127. The van der Waals surface area contributed by atoms with E-state index in [-0.39, 0.29) is 41.9 Å². The molecular weight excluding hydrogens is 506 g/mol. The SMILES string of the molecule is CCNC(=NCc1cc(F)ccc1F)NCCc1ccn(-c2ccc(F)cc2)n1.I. The average molecular weight is 529 g/mol.